The predicted molar refractivity (Wildman–Crippen MR) is 96.0 cm³/mol. The highest BCUT2D eigenvalue weighted by Crippen LogP contribution is 2.26. The van der Waals surface area contributed by atoms with Crippen LogP contribution in [0.3, 0.4) is 0 Å². The average Bonchev–Trinajstić information content (AvgIpc) is 3.04. The van der Waals surface area contributed by atoms with Gasteiger partial charge in [-0.25, -0.2) is 8.42 Å². The lowest BCUT2D eigenvalue weighted by Gasteiger charge is -2.09. The molecule has 0 aliphatic carbocycles. The first-order valence-electron chi connectivity index (χ1n) is 7.08. The number of sulfonamides is 1. The van der Waals surface area contributed by atoms with E-state index in [0.29, 0.717) is 10.6 Å². The number of carbonyl (C=O) groups is 1. The summed E-state index contributed by atoms with van der Waals surface area (Å²) in [5.74, 6) is -0.359. The second-order valence-electron chi connectivity index (χ2n) is 4.90. The van der Waals surface area contributed by atoms with Gasteiger partial charge in [0.15, 0.2) is 0 Å². The van der Waals surface area contributed by atoms with E-state index in [-0.39, 0.29) is 16.5 Å². The number of para-hydroxylation sites is 1. The van der Waals surface area contributed by atoms with Crippen LogP contribution in [0.1, 0.15) is 9.67 Å². The Morgan fingerprint density at radius 3 is 2.17 bits per heavy atom. The molecule has 2 N–H and O–H groups in total. The van der Waals surface area contributed by atoms with Gasteiger partial charge in [-0.1, -0.05) is 36.4 Å². The molecule has 0 unspecified atom stereocenters. The summed E-state index contributed by atoms with van der Waals surface area (Å²) in [6.45, 7) is 0. The monoisotopic (exact) mass is 358 g/mol. The zero-order chi connectivity index (χ0) is 17.0. The normalized spacial score (nSPS) is 11.0. The average molecular weight is 358 g/mol. The summed E-state index contributed by atoms with van der Waals surface area (Å²) in [5, 5.41) is 4.42. The predicted octanol–water partition coefficient (Wildman–Crippen LogP) is 3.80. The number of benzene rings is 2. The second kappa shape index (κ2) is 6.86. The first-order valence-corrected chi connectivity index (χ1v) is 9.44. The van der Waals surface area contributed by atoms with Gasteiger partial charge in [-0.2, -0.15) is 0 Å². The fourth-order valence-electron chi connectivity index (χ4n) is 2.08. The number of hydrogen-bond acceptors (Lipinski definition) is 4. The van der Waals surface area contributed by atoms with Crippen LogP contribution in [0, 0.1) is 0 Å². The van der Waals surface area contributed by atoms with E-state index in [4.69, 9.17) is 0 Å². The second-order valence-corrected chi connectivity index (χ2v) is 7.50. The van der Waals surface area contributed by atoms with Crippen LogP contribution in [0.4, 0.5) is 11.4 Å². The molecular weight excluding hydrogens is 344 g/mol. The summed E-state index contributed by atoms with van der Waals surface area (Å²) in [5.41, 5.74) is 0.907. The van der Waals surface area contributed by atoms with Crippen LogP contribution in [0.2, 0.25) is 0 Å². The van der Waals surface area contributed by atoms with E-state index in [9.17, 15) is 13.2 Å². The van der Waals surface area contributed by atoms with Crippen molar-refractivity contribution < 1.29 is 13.2 Å². The molecule has 2 aromatic carbocycles. The third-order valence-corrected chi connectivity index (χ3v) is 5.50. The van der Waals surface area contributed by atoms with Gasteiger partial charge in [0.05, 0.1) is 10.6 Å². The molecule has 0 spiro atoms. The summed E-state index contributed by atoms with van der Waals surface area (Å²) < 4.78 is 27.3. The smallest absolute Gasteiger partial charge is 0.267 e. The lowest BCUT2D eigenvalue weighted by Crippen LogP contribution is -2.17. The number of anilines is 2. The van der Waals surface area contributed by atoms with E-state index < -0.39 is 10.0 Å². The number of carbonyl (C=O) groups excluding carboxylic acids is 1. The van der Waals surface area contributed by atoms with Crippen molar-refractivity contribution in [2.24, 2.45) is 0 Å². The van der Waals surface area contributed by atoms with Crippen LogP contribution in [-0.4, -0.2) is 14.3 Å². The summed E-state index contributed by atoms with van der Waals surface area (Å²) >= 11 is 1.17. The Kier molecular flexibility index (Phi) is 4.64. The van der Waals surface area contributed by atoms with Crippen LogP contribution >= 0.6 is 11.3 Å². The molecule has 0 atom stereocenters. The molecule has 122 valence electrons. The minimum atomic E-state index is -3.74. The minimum Gasteiger partial charge on any atom is -0.321 e. The summed E-state index contributed by atoms with van der Waals surface area (Å²) in [6, 6.07) is 18.6. The molecule has 24 heavy (non-hydrogen) atoms. The van der Waals surface area contributed by atoms with E-state index in [1.165, 1.54) is 23.5 Å². The molecular formula is C17H14N2O3S2. The van der Waals surface area contributed by atoms with Crippen molar-refractivity contribution in [1.82, 2.24) is 0 Å². The van der Waals surface area contributed by atoms with Gasteiger partial charge in [0, 0.05) is 5.69 Å². The van der Waals surface area contributed by atoms with Crippen molar-refractivity contribution in [2.75, 3.05) is 10.0 Å². The highest BCUT2D eigenvalue weighted by atomic mass is 32.2. The van der Waals surface area contributed by atoms with E-state index >= 15 is 0 Å². The fourth-order valence-corrected chi connectivity index (χ4v) is 3.98. The largest absolute Gasteiger partial charge is 0.321 e. The highest BCUT2D eigenvalue weighted by molar-refractivity contribution is 7.92. The lowest BCUT2D eigenvalue weighted by molar-refractivity contribution is 0.103. The van der Waals surface area contributed by atoms with Gasteiger partial charge in [-0.15, -0.1) is 11.3 Å². The molecule has 0 bridgehead atoms. The van der Waals surface area contributed by atoms with Crippen molar-refractivity contribution >= 4 is 38.6 Å². The Morgan fingerprint density at radius 1 is 0.875 bits per heavy atom. The molecule has 0 aliphatic rings. The van der Waals surface area contributed by atoms with Crippen LogP contribution in [0.15, 0.2) is 77.0 Å². The van der Waals surface area contributed by atoms with Crippen molar-refractivity contribution in [3.63, 3.8) is 0 Å². The third kappa shape index (κ3) is 3.64. The van der Waals surface area contributed by atoms with Gasteiger partial charge >= 0.3 is 0 Å². The Hall–Kier alpha value is -2.64. The number of rotatable bonds is 5. The first-order chi connectivity index (χ1) is 11.6. The molecule has 0 aliphatic heterocycles. The van der Waals surface area contributed by atoms with Gasteiger partial charge in [-0.3, -0.25) is 9.52 Å². The van der Waals surface area contributed by atoms with Crippen molar-refractivity contribution in [1.29, 1.82) is 0 Å². The molecule has 3 aromatic rings. The zero-order valence-corrected chi connectivity index (χ0v) is 14.1. The van der Waals surface area contributed by atoms with Gasteiger partial charge in [0.25, 0.3) is 15.9 Å². The van der Waals surface area contributed by atoms with E-state index in [2.05, 4.69) is 10.0 Å². The Bertz CT molecular complexity index is 936. The number of hydrogen-bond donors (Lipinski definition) is 2. The maximum Gasteiger partial charge on any atom is 0.267 e. The number of nitrogens with one attached hydrogen (secondary N) is 2. The van der Waals surface area contributed by atoms with E-state index in [1.807, 2.05) is 18.2 Å². The SMILES string of the molecule is O=C(Nc1ccccc1)c1sccc1NS(=O)(=O)c1ccccc1. The van der Waals surface area contributed by atoms with Crippen molar-refractivity contribution in [2.45, 2.75) is 4.90 Å². The molecule has 1 amide bonds. The lowest BCUT2D eigenvalue weighted by atomic mass is 10.3. The topological polar surface area (TPSA) is 75.3 Å². The first kappa shape index (κ1) is 16.2. The molecule has 3 rings (SSSR count). The molecule has 5 nitrogen and oxygen atoms in total. The molecule has 7 heteroatoms. The van der Waals surface area contributed by atoms with Crippen LogP contribution in [0.5, 0.6) is 0 Å². The molecule has 0 saturated carbocycles. The quantitative estimate of drug-likeness (QED) is 0.728. The maximum atomic E-state index is 12.4. The van der Waals surface area contributed by atoms with Crippen LogP contribution in [0.25, 0.3) is 0 Å². The number of thiophene rings is 1. The van der Waals surface area contributed by atoms with E-state index in [1.54, 1.807) is 41.8 Å². The van der Waals surface area contributed by atoms with E-state index in [0.717, 1.165) is 0 Å². The Balaban J connectivity index is 1.82. The summed E-state index contributed by atoms with van der Waals surface area (Å²) in [6.07, 6.45) is 0. The molecule has 0 fully saturated rings. The summed E-state index contributed by atoms with van der Waals surface area (Å²) in [4.78, 5) is 12.8. The maximum absolute atomic E-state index is 12.4. The highest BCUT2D eigenvalue weighted by Gasteiger charge is 2.19. The van der Waals surface area contributed by atoms with Gasteiger partial charge in [0.2, 0.25) is 0 Å². The fraction of sp³-hybridized carbons (Fsp3) is 0. The van der Waals surface area contributed by atoms with Crippen molar-refractivity contribution in [3.8, 4) is 0 Å². The minimum absolute atomic E-state index is 0.144. The van der Waals surface area contributed by atoms with Gasteiger partial charge in [0.1, 0.15) is 4.88 Å². The van der Waals surface area contributed by atoms with Crippen molar-refractivity contribution in [3.05, 3.63) is 77.0 Å². The summed E-state index contributed by atoms with van der Waals surface area (Å²) in [7, 11) is -3.74. The van der Waals surface area contributed by atoms with Gasteiger partial charge < -0.3 is 5.32 Å². The Morgan fingerprint density at radius 2 is 1.50 bits per heavy atom. The zero-order valence-electron chi connectivity index (χ0n) is 12.5. The standard InChI is InChI=1S/C17H14N2O3S2/c20-17(18-13-7-3-1-4-8-13)16-15(11-12-23-16)19-24(21,22)14-9-5-2-6-10-14/h1-12,19H,(H,18,20). The Labute approximate surface area is 144 Å². The van der Waals surface area contributed by atoms with Crippen LogP contribution < -0.4 is 10.0 Å². The molecule has 1 heterocycles. The van der Waals surface area contributed by atoms with Crippen LogP contribution in [-0.2, 0) is 10.0 Å². The molecule has 1 aromatic heterocycles. The van der Waals surface area contributed by atoms with Gasteiger partial charge in [-0.05, 0) is 35.7 Å². The number of amides is 1. The third-order valence-electron chi connectivity index (χ3n) is 3.20. The molecule has 0 saturated heterocycles. The molecule has 0 radical (unpaired) electrons.